The third kappa shape index (κ3) is 3.81. The van der Waals surface area contributed by atoms with Crippen LogP contribution in [-0.2, 0) is 23.8 Å². The summed E-state index contributed by atoms with van der Waals surface area (Å²) in [6.45, 7) is 1.99. The Kier molecular flexibility index (Phi) is 5.15. The van der Waals surface area contributed by atoms with Crippen molar-refractivity contribution in [3.8, 4) is 11.6 Å². The Hall–Kier alpha value is -2.57. The van der Waals surface area contributed by atoms with Crippen LogP contribution in [-0.4, -0.2) is 17.6 Å². The Morgan fingerprint density at radius 3 is 2.62 bits per heavy atom. The summed E-state index contributed by atoms with van der Waals surface area (Å²) >= 11 is 0. The number of carbonyl (C=O) groups is 1. The Morgan fingerprint density at radius 1 is 1.19 bits per heavy atom. The second-order valence-corrected chi connectivity index (χ2v) is 5.99. The van der Waals surface area contributed by atoms with E-state index in [0.29, 0.717) is 18.4 Å². The number of ether oxygens (including phenoxy) is 2. The predicted molar refractivity (Wildman–Crippen MR) is 88.4 cm³/mol. The summed E-state index contributed by atoms with van der Waals surface area (Å²) in [5.41, 5.74) is 1.19. The maximum atomic E-state index is 12.9. The van der Waals surface area contributed by atoms with Crippen molar-refractivity contribution in [1.29, 1.82) is 0 Å². The molecule has 0 aliphatic heterocycles. The smallest absolute Gasteiger partial charge is 0.416 e. The third-order valence-electron chi connectivity index (χ3n) is 4.23. The summed E-state index contributed by atoms with van der Waals surface area (Å²) < 4.78 is 49.3. The van der Waals surface area contributed by atoms with Gasteiger partial charge in [-0.2, -0.15) is 13.2 Å². The minimum Gasteiger partial charge on any atom is -0.462 e. The van der Waals surface area contributed by atoms with Gasteiger partial charge in [0.1, 0.15) is 5.75 Å². The maximum absolute atomic E-state index is 12.9. The van der Waals surface area contributed by atoms with Gasteiger partial charge in [0.05, 0.1) is 17.7 Å². The lowest BCUT2D eigenvalue weighted by atomic mass is 9.89. The van der Waals surface area contributed by atoms with Crippen LogP contribution in [0.4, 0.5) is 13.2 Å². The van der Waals surface area contributed by atoms with Gasteiger partial charge in [-0.15, -0.1) is 0 Å². The lowest BCUT2D eigenvalue weighted by molar-refractivity contribution is -0.137. The van der Waals surface area contributed by atoms with Crippen molar-refractivity contribution in [2.75, 3.05) is 6.61 Å². The molecule has 0 saturated heterocycles. The second kappa shape index (κ2) is 7.35. The fraction of sp³-hybridized carbons (Fsp3) is 0.368. The van der Waals surface area contributed by atoms with Crippen LogP contribution in [0.25, 0.3) is 0 Å². The van der Waals surface area contributed by atoms with Crippen molar-refractivity contribution in [3.63, 3.8) is 0 Å². The van der Waals surface area contributed by atoms with E-state index in [1.54, 1.807) is 6.92 Å². The molecule has 0 N–H and O–H groups in total. The molecular formula is C19H18F3NO3. The van der Waals surface area contributed by atoms with E-state index in [2.05, 4.69) is 4.98 Å². The zero-order valence-electron chi connectivity index (χ0n) is 14.2. The number of hydrogen-bond acceptors (Lipinski definition) is 4. The second-order valence-electron chi connectivity index (χ2n) is 5.99. The molecule has 0 fully saturated rings. The van der Waals surface area contributed by atoms with E-state index in [-0.39, 0.29) is 18.2 Å². The summed E-state index contributed by atoms with van der Waals surface area (Å²) in [5.74, 6) is -0.139. The fourth-order valence-corrected chi connectivity index (χ4v) is 3.04. The van der Waals surface area contributed by atoms with Crippen LogP contribution >= 0.6 is 0 Å². The molecule has 0 bridgehead atoms. The Balaban J connectivity index is 1.95. The number of esters is 1. The minimum absolute atomic E-state index is 0.0592. The standard InChI is InChI=1S/C19H18F3NO3/c1-2-25-18(24)16-11-23-17(15-9-4-3-8-14(15)16)26-13-7-5-6-12(10-13)19(20,21)22/h5-7,10-11H,2-4,8-9H2,1H3. The van der Waals surface area contributed by atoms with Crippen LogP contribution in [0.3, 0.4) is 0 Å². The van der Waals surface area contributed by atoms with Crippen LogP contribution in [0.2, 0.25) is 0 Å². The van der Waals surface area contributed by atoms with Crippen molar-refractivity contribution in [2.45, 2.75) is 38.8 Å². The fourth-order valence-electron chi connectivity index (χ4n) is 3.04. The van der Waals surface area contributed by atoms with Gasteiger partial charge in [0.15, 0.2) is 0 Å². The first kappa shape index (κ1) is 18.2. The van der Waals surface area contributed by atoms with Crippen molar-refractivity contribution in [2.24, 2.45) is 0 Å². The number of aromatic nitrogens is 1. The van der Waals surface area contributed by atoms with E-state index in [0.717, 1.165) is 36.1 Å². The van der Waals surface area contributed by atoms with E-state index in [1.165, 1.54) is 18.3 Å². The number of hydrogen-bond donors (Lipinski definition) is 0. The largest absolute Gasteiger partial charge is 0.462 e. The van der Waals surface area contributed by atoms with E-state index < -0.39 is 17.7 Å². The first-order valence-electron chi connectivity index (χ1n) is 8.43. The summed E-state index contributed by atoms with van der Waals surface area (Å²) in [7, 11) is 0. The highest BCUT2D eigenvalue weighted by Gasteiger charge is 2.31. The molecular weight excluding hydrogens is 347 g/mol. The summed E-state index contributed by atoms with van der Waals surface area (Å²) in [5, 5.41) is 0. The number of carbonyl (C=O) groups excluding carboxylic acids is 1. The zero-order chi connectivity index (χ0) is 18.7. The van der Waals surface area contributed by atoms with Gasteiger partial charge < -0.3 is 9.47 Å². The molecule has 0 radical (unpaired) electrons. The average Bonchev–Trinajstić information content (AvgIpc) is 2.62. The van der Waals surface area contributed by atoms with Crippen molar-refractivity contribution in [1.82, 2.24) is 4.98 Å². The average molecular weight is 365 g/mol. The highest BCUT2D eigenvalue weighted by Crippen LogP contribution is 2.35. The predicted octanol–water partition coefficient (Wildman–Crippen LogP) is 4.95. The summed E-state index contributed by atoms with van der Waals surface area (Å²) in [4.78, 5) is 16.3. The van der Waals surface area contributed by atoms with E-state index in [1.807, 2.05) is 0 Å². The zero-order valence-corrected chi connectivity index (χ0v) is 14.2. The topological polar surface area (TPSA) is 48.4 Å². The van der Waals surface area contributed by atoms with E-state index in [4.69, 9.17) is 9.47 Å². The van der Waals surface area contributed by atoms with Gasteiger partial charge in [0.2, 0.25) is 5.88 Å². The lowest BCUT2D eigenvalue weighted by Crippen LogP contribution is -2.15. The van der Waals surface area contributed by atoms with Crippen LogP contribution in [0, 0.1) is 0 Å². The van der Waals surface area contributed by atoms with Gasteiger partial charge in [-0.3, -0.25) is 0 Å². The minimum atomic E-state index is -4.44. The first-order valence-corrected chi connectivity index (χ1v) is 8.43. The monoisotopic (exact) mass is 365 g/mol. The van der Waals surface area contributed by atoms with Gasteiger partial charge in [0, 0.05) is 11.8 Å². The SMILES string of the molecule is CCOC(=O)c1cnc(Oc2cccc(C(F)(F)F)c2)c2c1CCCC2. The van der Waals surface area contributed by atoms with Crippen molar-refractivity contribution in [3.05, 3.63) is 52.7 Å². The number of halogens is 3. The first-order chi connectivity index (χ1) is 12.4. The molecule has 1 heterocycles. The number of alkyl halides is 3. The molecule has 26 heavy (non-hydrogen) atoms. The highest BCUT2D eigenvalue weighted by atomic mass is 19.4. The van der Waals surface area contributed by atoms with Gasteiger partial charge in [-0.05, 0) is 56.4 Å². The van der Waals surface area contributed by atoms with Crippen LogP contribution in [0.5, 0.6) is 11.6 Å². The van der Waals surface area contributed by atoms with Crippen LogP contribution in [0.1, 0.15) is 46.8 Å². The van der Waals surface area contributed by atoms with Gasteiger partial charge in [0.25, 0.3) is 0 Å². The highest BCUT2D eigenvalue weighted by molar-refractivity contribution is 5.91. The molecule has 0 atom stereocenters. The Bertz CT molecular complexity index is 818. The molecule has 1 aliphatic carbocycles. The van der Waals surface area contributed by atoms with Crippen LogP contribution < -0.4 is 4.74 Å². The van der Waals surface area contributed by atoms with Gasteiger partial charge in [-0.1, -0.05) is 6.07 Å². The Labute approximate surface area is 149 Å². The van der Waals surface area contributed by atoms with E-state index >= 15 is 0 Å². The molecule has 4 nitrogen and oxygen atoms in total. The Morgan fingerprint density at radius 2 is 1.92 bits per heavy atom. The molecule has 1 aromatic heterocycles. The van der Waals surface area contributed by atoms with Gasteiger partial charge in [-0.25, -0.2) is 9.78 Å². The molecule has 1 aromatic carbocycles. The molecule has 0 amide bonds. The molecule has 138 valence electrons. The molecule has 2 aromatic rings. The lowest BCUT2D eigenvalue weighted by Gasteiger charge is -2.21. The third-order valence-corrected chi connectivity index (χ3v) is 4.23. The van der Waals surface area contributed by atoms with Crippen molar-refractivity contribution >= 4 is 5.97 Å². The molecule has 1 aliphatic rings. The quantitative estimate of drug-likeness (QED) is 0.720. The normalized spacial score (nSPS) is 13.8. The van der Waals surface area contributed by atoms with Crippen LogP contribution in [0.15, 0.2) is 30.5 Å². The number of nitrogens with zero attached hydrogens (tertiary/aromatic N) is 1. The maximum Gasteiger partial charge on any atom is 0.416 e. The molecule has 0 unspecified atom stereocenters. The number of pyridine rings is 1. The molecule has 3 rings (SSSR count). The van der Waals surface area contributed by atoms with Crippen molar-refractivity contribution < 1.29 is 27.4 Å². The van der Waals surface area contributed by atoms with E-state index in [9.17, 15) is 18.0 Å². The molecule has 7 heteroatoms. The number of benzene rings is 1. The van der Waals surface area contributed by atoms with Gasteiger partial charge >= 0.3 is 12.1 Å². The number of rotatable bonds is 4. The molecule has 0 saturated carbocycles. The summed E-state index contributed by atoms with van der Waals surface area (Å²) in [6.07, 6.45) is 0.103. The summed E-state index contributed by atoms with van der Waals surface area (Å²) in [6, 6.07) is 4.67. The number of fused-ring (bicyclic) bond motifs is 1. The molecule has 0 spiro atoms.